The summed E-state index contributed by atoms with van der Waals surface area (Å²) in [5.74, 6) is 0.645. The molecule has 0 saturated carbocycles. The third-order valence-corrected chi connectivity index (χ3v) is 1.97. The molecule has 0 spiro atoms. The fourth-order valence-corrected chi connectivity index (χ4v) is 1.06. The Morgan fingerprint density at radius 3 is 2.69 bits per heavy atom. The molecule has 0 aliphatic rings. The van der Waals surface area contributed by atoms with Crippen LogP contribution >= 0.6 is 0 Å². The number of hydrogen-bond donors (Lipinski definition) is 1. The van der Waals surface area contributed by atoms with Gasteiger partial charge in [0.2, 0.25) is 0 Å². The monoisotopic (exact) mass is 182 g/mol. The zero-order valence-electron chi connectivity index (χ0n) is 8.18. The van der Waals surface area contributed by atoms with Crippen LogP contribution in [0.15, 0.2) is 0 Å². The second-order valence-corrected chi connectivity index (χ2v) is 2.97. The quantitative estimate of drug-likeness (QED) is 0.713. The molecule has 1 heterocycles. The van der Waals surface area contributed by atoms with Crippen molar-refractivity contribution < 1.29 is 9.53 Å². The van der Waals surface area contributed by atoms with Gasteiger partial charge in [0.1, 0.15) is 5.82 Å². The SMILES string of the molecule is COC(=O)CCc1nc(C)c(C)[nH]1. The predicted molar refractivity (Wildman–Crippen MR) is 48.4 cm³/mol. The number of carbonyl (C=O) groups excluding carboxylic acids is 1. The van der Waals surface area contributed by atoms with Crippen molar-refractivity contribution in [3.8, 4) is 0 Å². The van der Waals surface area contributed by atoms with Crippen LogP contribution in [0.2, 0.25) is 0 Å². The first-order chi connectivity index (χ1) is 6.13. The number of aromatic nitrogens is 2. The molecule has 0 aliphatic carbocycles. The Morgan fingerprint density at radius 2 is 2.23 bits per heavy atom. The van der Waals surface area contributed by atoms with E-state index in [1.807, 2.05) is 13.8 Å². The molecule has 0 bridgehead atoms. The number of rotatable bonds is 3. The first-order valence-electron chi connectivity index (χ1n) is 4.22. The summed E-state index contributed by atoms with van der Waals surface area (Å²) in [4.78, 5) is 18.2. The number of ether oxygens (including phenoxy) is 1. The molecule has 0 amide bonds. The van der Waals surface area contributed by atoms with Gasteiger partial charge in [-0.05, 0) is 13.8 Å². The molecule has 0 aliphatic heterocycles. The Balaban J connectivity index is 2.50. The highest BCUT2D eigenvalue weighted by Gasteiger charge is 2.05. The first kappa shape index (κ1) is 9.77. The van der Waals surface area contributed by atoms with Gasteiger partial charge in [0.25, 0.3) is 0 Å². The van der Waals surface area contributed by atoms with Gasteiger partial charge in [-0.25, -0.2) is 4.98 Å². The number of methoxy groups -OCH3 is 1. The van der Waals surface area contributed by atoms with E-state index >= 15 is 0 Å². The molecular formula is C9H14N2O2. The van der Waals surface area contributed by atoms with Crippen LogP contribution < -0.4 is 0 Å². The minimum Gasteiger partial charge on any atom is -0.469 e. The number of nitrogens with one attached hydrogen (secondary N) is 1. The molecule has 13 heavy (non-hydrogen) atoms. The van der Waals surface area contributed by atoms with Crippen molar-refractivity contribution in [2.24, 2.45) is 0 Å². The van der Waals surface area contributed by atoms with E-state index in [2.05, 4.69) is 14.7 Å². The first-order valence-corrected chi connectivity index (χ1v) is 4.22. The zero-order chi connectivity index (χ0) is 9.84. The maximum Gasteiger partial charge on any atom is 0.305 e. The Labute approximate surface area is 77.3 Å². The van der Waals surface area contributed by atoms with E-state index in [9.17, 15) is 4.79 Å². The summed E-state index contributed by atoms with van der Waals surface area (Å²) < 4.78 is 4.53. The van der Waals surface area contributed by atoms with Crippen LogP contribution in [0.1, 0.15) is 23.6 Å². The number of hydrogen-bond acceptors (Lipinski definition) is 3. The number of carbonyl (C=O) groups is 1. The molecule has 0 fully saturated rings. The third-order valence-electron chi connectivity index (χ3n) is 1.97. The van der Waals surface area contributed by atoms with Gasteiger partial charge < -0.3 is 9.72 Å². The fourth-order valence-electron chi connectivity index (χ4n) is 1.06. The number of nitrogens with zero attached hydrogens (tertiary/aromatic N) is 1. The normalized spacial score (nSPS) is 10.1. The highest BCUT2D eigenvalue weighted by molar-refractivity contribution is 5.69. The smallest absolute Gasteiger partial charge is 0.305 e. The van der Waals surface area contributed by atoms with Gasteiger partial charge >= 0.3 is 5.97 Å². The third kappa shape index (κ3) is 2.57. The Kier molecular flexibility index (Phi) is 3.06. The highest BCUT2D eigenvalue weighted by atomic mass is 16.5. The fraction of sp³-hybridized carbons (Fsp3) is 0.556. The van der Waals surface area contributed by atoms with Gasteiger partial charge in [-0.2, -0.15) is 0 Å². The van der Waals surface area contributed by atoms with Gasteiger partial charge in [-0.15, -0.1) is 0 Å². The van der Waals surface area contributed by atoms with Crippen molar-refractivity contribution in [2.45, 2.75) is 26.7 Å². The Bertz CT molecular complexity index is 285. The lowest BCUT2D eigenvalue weighted by Gasteiger charge is -1.95. The maximum atomic E-state index is 10.8. The standard InChI is InChI=1S/C9H14N2O2/c1-6-7(2)11-8(10-6)4-5-9(12)13-3/h4-5H2,1-3H3,(H,10,11). The van der Waals surface area contributed by atoms with Crippen LogP contribution in [0.3, 0.4) is 0 Å². The molecule has 1 aromatic heterocycles. The van der Waals surface area contributed by atoms with E-state index in [0.717, 1.165) is 17.2 Å². The van der Waals surface area contributed by atoms with Crippen LogP contribution in [0.25, 0.3) is 0 Å². The van der Waals surface area contributed by atoms with Crippen LogP contribution in [-0.2, 0) is 16.0 Å². The Morgan fingerprint density at radius 1 is 1.54 bits per heavy atom. The summed E-state index contributed by atoms with van der Waals surface area (Å²) in [5, 5.41) is 0. The summed E-state index contributed by atoms with van der Waals surface area (Å²) in [6.45, 7) is 3.90. The van der Waals surface area contributed by atoms with Crippen molar-refractivity contribution in [1.82, 2.24) is 9.97 Å². The minimum atomic E-state index is -0.202. The molecule has 1 rings (SSSR count). The van der Waals surface area contributed by atoms with Crippen molar-refractivity contribution in [1.29, 1.82) is 0 Å². The second-order valence-electron chi connectivity index (χ2n) is 2.97. The van der Waals surface area contributed by atoms with E-state index in [0.29, 0.717) is 12.8 Å². The lowest BCUT2D eigenvalue weighted by atomic mass is 10.3. The summed E-state index contributed by atoms with van der Waals surface area (Å²) in [5.41, 5.74) is 2.04. The number of esters is 1. The van der Waals surface area contributed by atoms with E-state index < -0.39 is 0 Å². The number of imidazole rings is 1. The van der Waals surface area contributed by atoms with Gasteiger partial charge in [0.15, 0.2) is 0 Å². The lowest BCUT2D eigenvalue weighted by molar-refractivity contribution is -0.140. The lowest BCUT2D eigenvalue weighted by Crippen LogP contribution is -2.02. The molecule has 0 atom stereocenters. The molecule has 4 heteroatoms. The van der Waals surface area contributed by atoms with Gasteiger partial charge in [-0.1, -0.05) is 0 Å². The molecule has 72 valence electrons. The van der Waals surface area contributed by atoms with Crippen molar-refractivity contribution in [3.63, 3.8) is 0 Å². The molecule has 1 N–H and O–H groups in total. The molecule has 1 aromatic rings. The summed E-state index contributed by atoms with van der Waals surface area (Å²) in [6, 6.07) is 0. The van der Waals surface area contributed by atoms with Crippen LogP contribution in [0.5, 0.6) is 0 Å². The zero-order valence-corrected chi connectivity index (χ0v) is 8.18. The van der Waals surface area contributed by atoms with E-state index in [1.165, 1.54) is 7.11 Å². The molecule has 0 saturated heterocycles. The maximum absolute atomic E-state index is 10.8. The largest absolute Gasteiger partial charge is 0.469 e. The average Bonchev–Trinajstić information content (AvgIpc) is 2.42. The van der Waals surface area contributed by atoms with E-state index in [-0.39, 0.29) is 5.97 Å². The van der Waals surface area contributed by atoms with Gasteiger partial charge in [0, 0.05) is 12.1 Å². The summed E-state index contributed by atoms with van der Waals surface area (Å²) in [6.07, 6.45) is 0.990. The van der Waals surface area contributed by atoms with Crippen LogP contribution in [0.4, 0.5) is 0 Å². The van der Waals surface area contributed by atoms with Gasteiger partial charge in [0.05, 0.1) is 19.2 Å². The minimum absolute atomic E-state index is 0.202. The highest BCUT2D eigenvalue weighted by Crippen LogP contribution is 2.04. The topological polar surface area (TPSA) is 55.0 Å². The number of aromatic amines is 1. The number of H-pyrrole nitrogens is 1. The molecule has 0 aromatic carbocycles. The van der Waals surface area contributed by atoms with Crippen molar-refractivity contribution >= 4 is 5.97 Å². The second kappa shape index (κ2) is 4.07. The summed E-state index contributed by atoms with van der Waals surface area (Å²) >= 11 is 0. The van der Waals surface area contributed by atoms with E-state index in [1.54, 1.807) is 0 Å². The Hall–Kier alpha value is -1.32. The summed E-state index contributed by atoms with van der Waals surface area (Å²) in [7, 11) is 1.39. The van der Waals surface area contributed by atoms with Crippen LogP contribution in [0, 0.1) is 13.8 Å². The molecule has 0 radical (unpaired) electrons. The molecule has 0 unspecified atom stereocenters. The van der Waals surface area contributed by atoms with Gasteiger partial charge in [-0.3, -0.25) is 4.79 Å². The molecule has 4 nitrogen and oxygen atoms in total. The predicted octanol–water partition coefficient (Wildman–Crippen LogP) is 1.13. The van der Waals surface area contributed by atoms with E-state index in [4.69, 9.17) is 0 Å². The van der Waals surface area contributed by atoms with Crippen LogP contribution in [-0.4, -0.2) is 23.0 Å². The van der Waals surface area contributed by atoms with Crippen molar-refractivity contribution in [3.05, 3.63) is 17.2 Å². The number of aryl methyl sites for hydroxylation is 3. The van der Waals surface area contributed by atoms with Crippen molar-refractivity contribution in [2.75, 3.05) is 7.11 Å². The average molecular weight is 182 g/mol. The molecular weight excluding hydrogens is 168 g/mol.